The summed E-state index contributed by atoms with van der Waals surface area (Å²) in [5.41, 5.74) is 3.18. The molecule has 2 heterocycles. The highest BCUT2D eigenvalue weighted by molar-refractivity contribution is 8.00. The fraction of sp³-hybridized carbons (Fsp3) is 0.278. The lowest BCUT2D eigenvalue weighted by Gasteiger charge is -2.16. The van der Waals surface area contributed by atoms with Crippen LogP contribution in [-0.2, 0) is 4.79 Å². The van der Waals surface area contributed by atoms with E-state index >= 15 is 0 Å². The largest absolute Gasteiger partial charge is 0.325 e. The van der Waals surface area contributed by atoms with Crippen molar-refractivity contribution < 1.29 is 4.79 Å². The minimum absolute atomic E-state index is 0.0156. The summed E-state index contributed by atoms with van der Waals surface area (Å²) in [6.45, 7) is 6.29. The molecule has 6 heteroatoms. The highest BCUT2D eigenvalue weighted by Gasteiger charge is 2.13. The highest BCUT2D eigenvalue weighted by Crippen LogP contribution is 2.29. The van der Waals surface area contributed by atoms with Gasteiger partial charge in [-0.1, -0.05) is 43.8 Å². The van der Waals surface area contributed by atoms with Crippen molar-refractivity contribution in [2.75, 3.05) is 11.1 Å². The third kappa shape index (κ3) is 3.60. The molecule has 1 aromatic carbocycles. The Kier molecular flexibility index (Phi) is 5.16. The molecular formula is C18H19N3OS2. The number of carbonyl (C=O) groups is 1. The standard InChI is InChI=1S/C18H19N3OS2/c1-11(2)13-6-4-5-12(3)16(13)21-15(22)9-24-18-14-7-8-23-17(14)19-10-20-18/h4-8,10-11H,9H2,1-3H3,(H,21,22). The van der Waals surface area contributed by atoms with E-state index in [2.05, 4.69) is 35.2 Å². The van der Waals surface area contributed by atoms with Gasteiger partial charge in [0.05, 0.1) is 5.75 Å². The first kappa shape index (κ1) is 16.9. The molecule has 3 aromatic rings. The number of amides is 1. The number of nitrogens with zero attached hydrogens (tertiary/aromatic N) is 2. The zero-order valence-electron chi connectivity index (χ0n) is 13.9. The Labute approximate surface area is 149 Å². The number of nitrogens with one attached hydrogen (secondary N) is 1. The number of para-hydroxylation sites is 1. The molecule has 0 radical (unpaired) electrons. The number of hydrogen-bond acceptors (Lipinski definition) is 5. The first-order valence-electron chi connectivity index (χ1n) is 7.76. The molecule has 2 aromatic heterocycles. The topological polar surface area (TPSA) is 54.9 Å². The molecule has 3 rings (SSSR count). The number of hydrogen-bond donors (Lipinski definition) is 1. The normalized spacial score (nSPS) is 11.2. The van der Waals surface area contributed by atoms with Crippen LogP contribution in [0, 0.1) is 6.92 Å². The average Bonchev–Trinajstić information content (AvgIpc) is 3.03. The first-order valence-corrected chi connectivity index (χ1v) is 9.63. The van der Waals surface area contributed by atoms with Gasteiger partial charge >= 0.3 is 0 Å². The van der Waals surface area contributed by atoms with E-state index in [-0.39, 0.29) is 5.91 Å². The summed E-state index contributed by atoms with van der Waals surface area (Å²) in [6.07, 6.45) is 1.55. The molecule has 0 spiro atoms. The second kappa shape index (κ2) is 7.32. The average molecular weight is 358 g/mol. The van der Waals surface area contributed by atoms with Crippen LogP contribution in [0.1, 0.15) is 30.9 Å². The van der Waals surface area contributed by atoms with Crippen molar-refractivity contribution in [3.05, 3.63) is 47.1 Å². The van der Waals surface area contributed by atoms with Gasteiger partial charge in [0, 0.05) is 11.1 Å². The van der Waals surface area contributed by atoms with E-state index in [1.165, 1.54) is 11.8 Å². The molecule has 24 heavy (non-hydrogen) atoms. The molecule has 1 N–H and O–H groups in total. The van der Waals surface area contributed by atoms with Gasteiger partial charge in [0.1, 0.15) is 16.2 Å². The van der Waals surface area contributed by atoms with E-state index in [9.17, 15) is 4.79 Å². The quantitative estimate of drug-likeness (QED) is 0.524. The Morgan fingerprint density at radius 3 is 2.92 bits per heavy atom. The Morgan fingerprint density at radius 1 is 1.29 bits per heavy atom. The molecule has 0 fully saturated rings. The Bertz CT molecular complexity index is 874. The number of thiophene rings is 1. The molecule has 0 unspecified atom stereocenters. The van der Waals surface area contributed by atoms with Crippen molar-refractivity contribution in [2.24, 2.45) is 0 Å². The van der Waals surface area contributed by atoms with Crippen molar-refractivity contribution in [1.29, 1.82) is 0 Å². The van der Waals surface area contributed by atoms with Crippen LogP contribution in [0.25, 0.3) is 10.2 Å². The highest BCUT2D eigenvalue weighted by atomic mass is 32.2. The number of fused-ring (bicyclic) bond motifs is 1. The van der Waals surface area contributed by atoms with Gasteiger partial charge in [-0.25, -0.2) is 9.97 Å². The van der Waals surface area contributed by atoms with Crippen molar-refractivity contribution in [3.63, 3.8) is 0 Å². The molecule has 1 amide bonds. The lowest BCUT2D eigenvalue weighted by molar-refractivity contribution is -0.113. The van der Waals surface area contributed by atoms with E-state index < -0.39 is 0 Å². The van der Waals surface area contributed by atoms with E-state index in [1.807, 2.05) is 30.5 Å². The van der Waals surface area contributed by atoms with Crippen LogP contribution in [-0.4, -0.2) is 21.6 Å². The van der Waals surface area contributed by atoms with E-state index in [0.717, 1.165) is 32.1 Å². The molecule has 0 aliphatic heterocycles. The van der Waals surface area contributed by atoms with E-state index in [4.69, 9.17) is 0 Å². The van der Waals surface area contributed by atoms with Gasteiger partial charge in [-0.15, -0.1) is 11.3 Å². The van der Waals surface area contributed by atoms with Crippen LogP contribution in [0.4, 0.5) is 5.69 Å². The summed E-state index contributed by atoms with van der Waals surface area (Å²) in [5, 5.41) is 6.93. The number of aromatic nitrogens is 2. The minimum Gasteiger partial charge on any atom is -0.325 e. The molecule has 0 aliphatic rings. The van der Waals surface area contributed by atoms with E-state index in [1.54, 1.807) is 17.7 Å². The van der Waals surface area contributed by atoms with Gasteiger partial charge in [-0.3, -0.25) is 4.79 Å². The number of carbonyl (C=O) groups excluding carboxylic acids is 1. The Hall–Kier alpha value is -1.92. The fourth-order valence-corrected chi connectivity index (χ4v) is 4.11. The molecule has 4 nitrogen and oxygen atoms in total. The third-order valence-electron chi connectivity index (χ3n) is 3.76. The van der Waals surface area contributed by atoms with Gasteiger partial charge < -0.3 is 5.32 Å². The second-order valence-electron chi connectivity index (χ2n) is 5.85. The van der Waals surface area contributed by atoms with Crippen LogP contribution < -0.4 is 5.32 Å². The van der Waals surface area contributed by atoms with Crippen LogP contribution in [0.15, 0.2) is 41.0 Å². The maximum atomic E-state index is 12.4. The summed E-state index contributed by atoms with van der Waals surface area (Å²) in [5.74, 6) is 0.673. The molecular weight excluding hydrogens is 338 g/mol. The van der Waals surface area contributed by atoms with E-state index in [0.29, 0.717) is 11.7 Å². The summed E-state index contributed by atoms with van der Waals surface area (Å²) in [6, 6.07) is 8.12. The summed E-state index contributed by atoms with van der Waals surface area (Å²) in [4.78, 5) is 21.9. The number of rotatable bonds is 5. The summed E-state index contributed by atoms with van der Waals surface area (Å²) in [7, 11) is 0. The van der Waals surface area contributed by atoms with Gasteiger partial charge in [0.15, 0.2) is 0 Å². The Morgan fingerprint density at radius 2 is 2.12 bits per heavy atom. The Balaban J connectivity index is 1.72. The fourth-order valence-electron chi connectivity index (χ4n) is 2.53. The molecule has 0 bridgehead atoms. The van der Waals surface area contributed by atoms with Gasteiger partial charge in [0.25, 0.3) is 0 Å². The van der Waals surface area contributed by atoms with Crippen LogP contribution >= 0.6 is 23.1 Å². The maximum Gasteiger partial charge on any atom is 0.234 e. The second-order valence-corrected chi connectivity index (χ2v) is 7.71. The van der Waals surface area contributed by atoms with Gasteiger partial charge in [-0.05, 0) is 35.4 Å². The third-order valence-corrected chi connectivity index (χ3v) is 5.58. The number of benzene rings is 1. The number of aryl methyl sites for hydroxylation is 1. The zero-order valence-corrected chi connectivity index (χ0v) is 15.5. The lowest BCUT2D eigenvalue weighted by atomic mass is 9.98. The van der Waals surface area contributed by atoms with Crippen LogP contribution in [0.5, 0.6) is 0 Å². The predicted octanol–water partition coefficient (Wildman–Crippen LogP) is 4.85. The van der Waals surface area contributed by atoms with Crippen LogP contribution in [0.3, 0.4) is 0 Å². The molecule has 0 atom stereocenters. The molecule has 0 aliphatic carbocycles. The maximum absolute atomic E-state index is 12.4. The minimum atomic E-state index is -0.0156. The van der Waals surface area contributed by atoms with Crippen LogP contribution in [0.2, 0.25) is 0 Å². The van der Waals surface area contributed by atoms with Crippen molar-refractivity contribution in [3.8, 4) is 0 Å². The smallest absolute Gasteiger partial charge is 0.234 e. The monoisotopic (exact) mass is 357 g/mol. The van der Waals surface area contributed by atoms with Gasteiger partial charge in [-0.2, -0.15) is 0 Å². The number of anilines is 1. The first-order chi connectivity index (χ1) is 11.6. The zero-order chi connectivity index (χ0) is 17.1. The molecule has 0 saturated heterocycles. The summed E-state index contributed by atoms with van der Waals surface area (Å²) < 4.78 is 0. The lowest BCUT2D eigenvalue weighted by Crippen LogP contribution is -2.16. The SMILES string of the molecule is Cc1cccc(C(C)C)c1NC(=O)CSc1ncnc2sccc12. The number of thioether (sulfide) groups is 1. The molecule has 0 saturated carbocycles. The predicted molar refractivity (Wildman–Crippen MR) is 102 cm³/mol. The van der Waals surface area contributed by atoms with Gasteiger partial charge in [0.2, 0.25) is 5.91 Å². The van der Waals surface area contributed by atoms with Crippen molar-refractivity contribution >= 4 is 44.9 Å². The van der Waals surface area contributed by atoms with Crippen molar-refractivity contribution in [2.45, 2.75) is 31.7 Å². The van der Waals surface area contributed by atoms with Crippen molar-refractivity contribution in [1.82, 2.24) is 9.97 Å². The molecule has 124 valence electrons. The summed E-state index contributed by atoms with van der Waals surface area (Å²) >= 11 is 3.03.